The van der Waals surface area contributed by atoms with Crippen LogP contribution < -0.4 is 11.3 Å². The van der Waals surface area contributed by atoms with Crippen LogP contribution in [0.25, 0.3) is 0 Å². The van der Waals surface area contributed by atoms with Crippen molar-refractivity contribution in [2.24, 2.45) is 5.84 Å². The molecule has 0 spiro atoms. The molecule has 3 nitrogen and oxygen atoms in total. The number of fused-ring (bicyclic) bond motifs is 1. The van der Waals surface area contributed by atoms with Gasteiger partial charge in [0.1, 0.15) is 0 Å². The molecule has 12 heavy (non-hydrogen) atoms. The molecule has 0 aliphatic heterocycles. The molecule has 66 valence electrons. The van der Waals surface area contributed by atoms with Gasteiger partial charge in [-0.3, -0.25) is 5.43 Å². The summed E-state index contributed by atoms with van der Waals surface area (Å²) in [5.74, 6) is 5.97. The van der Waals surface area contributed by atoms with Gasteiger partial charge in [0.15, 0.2) is 5.13 Å². The Morgan fingerprint density at radius 1 is 1.75 bits per heavy atom. The third kappa shape index (κ3) is 1.11. The van der Waals surface area contributed by atoms with Gasteiger partial charge in [-0.15, -0.1) is 11.3 Å². The molecule has 1 aliphatic carbocycles. The van der Waals surface area contributed by atoms with E-state index >= 15 is 0 Å². The third-order valence-corrected chi connectivity index (χ3v) is 3.51. The van der Waals surface area contributed by atoms with Crippen molar-refractivity contribution in [2.45, 2.75) is 32.1 Å². The Kier molecular flexibility index (Phi) is 2.02. The Morgan fingerprint density at radius 2 is 2.58 bits per heavy atom. The lowest BCUT2D eigenvalue weighted by atomic mass is 10.1. The van der Waals surface area contributed by atoms with Crippen LogP contribution in [0.1, 0.15) is 36.3 Å². The fourth-order valence-electron chi connectivity index (χ4n) is 1.76. The van der Waals surface area contributed by atoms with E-state index in [4.69, 9.17) is 5.84 Å². The van der Waals surface area contributed by atoms with Gasteiger partial charge >= 0.3 is 0 Å². The number of aryl methyl sites for hydroxylation is 1. The molecule has 1 atom stereocenters. The molecular formula is C8H13N3S. The van der Waals surface area contributed by atoms with Gasteiger partial charge in [0.2, 0.25) is 0 Å². The zero-order valence-corrected chi connectivity index (χ0v) is 7.95. The largest absolute Gasteiger partial charge is 0.300 e. The Balaban J connectivity index is 2.31. The summed E-state index contributed by atoms with van der Waals surface area (Å²) >= 11 is 1.69. The third-order valence-electron chi connectivity index (χ3n) is 2.45. The van der Waals surface area contributed by atoms with E-state index in [2.05, 4.69) is 17.3 Å². The quantitative estimate of drug-likeness (QED) is 0.543. The maximum absolute atomic E-state index is 5.30. The predicted molar refractivity (Wildman–Crippen MR) is 51.3 cm³/mol. The Morgan fingerprint density at radius 3 is 3.25 bits per heavy atom. The fourth-order valence-corrected chi connectivity index (χ4v) is 2.74. The highest BCUT2D eigenvalue weighted by atomic mass is 32.1. The number of rotatable bonds is 2. The van der Waals surface area contributed by atoms with E-state index in [1.54, 1.807) is 11.3 Å². The summed E-state index contributed by atoms with van der Waals surface area (Å²) in [5.41, 5.74) is 3.90. The first-order valence-corrected chi connectivity index (χ1v) is 5.13. The van der Waals surface area contributed by atoms with Crippen molar-refractivity contribution in [1.82, 2.24) is 4.98 Å². The lowest BCUT2D eigenvalue weighted by molar-refractivity contribution is 0.643. The number of thiazole rings is 1. The SMILES string of the molecule is CCC1CCc2sc(NN)nc21. The molecule has 0 aromatic carbocycles. The van der Waals surface area contributed by atoms with Crippen LogP contribution in [0.2, 0.25) is 0 Å². The highest BCUT2D eigenvalue weighted by Crippen LogP contribution is 2.39. The molecule has 0 amide bonds. The summed E-state index contributed by atoms with van der Waals surface area (Å²) in [6.45, 7) is 2.22. The first kappa shape index (κ1) is 8.01. The molecule has 0 saturated heterocycles. The van der Waals surface area contributed by atoms with Crippen LogP contribution in [-0.4, -0.2) is 4.98 Å². The molecule has 0 bridgehead atoms. The van der Waals surface area contributed by atoms with Crippen LogP contribution >= 0.6 is 11.3 Å². The molecule has 0 radical (unpaired) electrons. The van der Waals surface area contributed by atoms with Crippen LogP contribution in [-0.2, 0) is 6.42 Å². The number of nitrogen functional groups attached to an aromatic ring is 1. The predicted octanol–water partition coefficient (Wildman–Crippen LogP) is 1.87. The molecule has 4 heteroatoms. The van der Waals surface area contributed by atoms with E-state index in [-0.39, 0.29) is 0 Å². The number of hydrogen-bond acceptors (Lipinski definition) is 4. The lowest BCUT2D eigenvalue weighted by Gasteiger charge is -2.02. The Labute approximate surface area is 76.0 Å². The van der Waals surface area contributed by atoms with Gasteiger partial charge < -0.3 is 0 Å². The normalized spacial score (nSPS) is 21.0. The first-order valence-electron chi connectivity index (χ1n) is 4.31. The summed E-state index contributed by atoms with van der Waals surface area (Å²) in [7, 11) is 0. The molecule has 1 heterocycles. The second-order valence-electron chi connectivity index (χ2n) is 3.12. The van der Waals surface area contributed by atoms with Crippen LogP contribution in [0.4, 0.5) is 5.13 Å². The van der Waals surface area contributed by atoms with Crippen LogP contribution in [0, 0.1) is 0 Å². The maximum atomic E-state index is 5.30. The van der Waals surface area contributed by atoms with Crippen molar-refractivity contribution in [3.05, 3.63) is 10.6 Å². The zero-order chi connectivity index (χ0) is 8.55. The van der Waals surface area contributed by atoms with E-state index in [0.29, 0.717) is 5.92 Å². The summed E-state index contributed by atoms with van der Waals surface area (Å²) in [6, 6.07) is 0. The van der Waals surface area contributed by atoms with Gasteiger partial charge in [0.05, 0.1) is 5.69 Å². The number of nitrogens with zero attached hydrogens (tertiary/aromatic N) is 1. The molecule has 1 aromatic heterocycles. The van der Waals surface area contributed by atoms with Gasteiger partial charge in [-0.05, 0) is 19.3 Å². The average molecular weight is 183 g/mol. The summed E-state index contributed by atoms with van der Waals surface area (Å²) < 4.78 is 0. The van der Waals surface area contributed by atoms with Crippen molar-refractivity contribution in [1.29, 1.82) is 0 Å². The van der Waals surface area contributed by atoms with Gasteiger partial charge in [-0.2, -0.15) is 0 Å². The van der Waals surface area contributed by atoms with E-state index in [9.17, 15) is 0 Å². The molecule has 3 N–H and O–H groups in total. The zero-order valence-electron chi connectivity index (χ0n) is 7.13. The Hall–Kier alpha value is -0.610. The smallest absolute Gasteiger partial charge is 0.197 e. The van der Waals surface area contributed by atoms with Gasteiger partial charge in [0, 0.05) is 10.8 Å². The lowest BCUT2D eigenvalue weighted by Crippen LogP contribution is -2.06. The van der Waals surface area contributed by atoms with Gasteiger partial charge in [-0.25, -0.2) is 10.8 Å². The molecule has 0 fully saturated rings. The van der Waals surface area contributed by atoms with Crippen molar-refractivity contribution in [2.75, 3.05) is 5.43 Å². The molecule has 1 unspecified atom stereocenters. The van der Waals surface area contributed by atoms with Gasteiger partial charge in [0.25, 0.3) is 0 Å². The number of anilines is 1. The molecule has 1 aliphatic rings. The van der Waals surface area contributed by atoms with Crippen molar-refractivity contribution >= 4 is 16.5 Å². The second-order valence-corrected chi connectivity index (χ2v) is 4.20. The van der Waals surface area contributed by atoms with Crippen molar-refractivity contribution < 1.29 is 0 Å². The minimum absolute atomic E-state index is 0.679. The van der Waals surface area contributed by atoms with E-state index in [0.717, 1.165) is 5.13 Å². The van der Waals surface area contributed by atoms with Crippen molar-refractivity contribution in [3.8, 4) is 0 Å². The highest BCUT2D eigenvalue weighted by molar-refractivity contribution is 7.15. The van der Waals surface area contributed by atoms with Crippen LogP contribution in [0.15, 0.2) is 0 Å². The topological polar surface area (TPSA) is 50.9 Å². The monoisotopic (exact) mass is 183 g/mol. The standard InChI is InChI=1S/C8H13N3S/c1-2-5-3-4-6-7(5)10-8(11-9)12-6/h5H,2-4,9H2,1H3,(H,10,11). The number of nitrogens with two attached hydrogens (primary N) is 1. The minimum atomic E-state index is 0.679. The number of nitrogens with one attached hydrogen (secondary N) is 1. The maximum Gasteiger partial charge on any atom is 0.197 e. The highest BCUT2D eigenvalue weighted by Gasteiger charge is 2.25. The summed E-state index contributed by atoms with van der Waals surface area (Å²) in [4.78, 5) is 5.87. The number of hydrogen-bond donors (Lipinski definition) is 2. The average Bonchev–Trinajstić information content (AvgIpc) is 2.61. The number of aromatic nitrogens is 1. The number of hydrazine groups is 1. The van der Waals surface area contributed by atoms with E-state index in [1.807, 2.05) is 0 Å². The van der Waals surface area contributed by atoms with Crippen LogP contribution in [0.5, 0.6) is 0 Å². The van der Waals surface area contributed by atoms with Crippen molar-refractivity contribution in [3.63, 3.8) is 0 Å². The molecule has 2 rings (SSSR count). The fraction of sp³-hybridized carbons (Fsp3) is 0.625. The second kappa shape index (κ2) is 3.03. The Bertz CT molecular complexity index is 282. The first-order chi connectivity index (χ1) is 5.85. The summed E-state index contributed by atoms with van der Waals surface area (Å²) in [5, 5.41) is 0.859. The van der Waals surface area contributed by atoms with E-state index < -0.39 is 0 Å². The molecular weight excluding hydrogens is 170 g/mol. The minimum Gasteiger partial charge on any atom is -0.300 e. The van der Waals surface area contributed by atoms with Gasteiger partial charge in [-0.1, -0.05) is 6.92 Å². The van der Waals surface area contributed by atoms with Crippen LogP contribution in [0.3, 0.4) is 0 Å². The molecule has 1 aromatic rings. The van der Waals surface area contributed by atoms with E-state index in [1.165, 1.54) is 29.8 Å². The molecule has 0 saturated carbocycles. The summed E-state index contributed by atoms with van der Waals surface area (Å²) in [6.07, 6.45) is 3.66.